The molecule has 2 rings (SSSR count). The highest BCUT2D eigenvalue weighted by atomic mass is 16.5. The highest BCUT2D eigenvalue weighted by Crippen LogP contribution is 2.18. The van der Waals surface area contributed by atoms with Crippen molar-refractivity contribution in [1.29, 1.82) is 0 Å². The molecule has 0 aliphatic heterocycles. The van der Waals surface area contributed by atoms with Crippen LogP contribution in [0.1, 0.15) is 0 Å². The second-order valence-corrected chi connectivity index (χ2v) is 3.51. The lowest BCUT2D eigenvalue weighted by atomic mass is 10.2. The first-order valence-corrected chi connectivity index (χ1v) is 5.16. The summed E-state index contributed by atoms with van der Waals surface area (Å²) in [7, 11) is 1.65. The van der Waals surface area contributed by atoms with E-state index in [0.717, 1.165) is 16.6 Å². The second-order valence-electron chi connectivity index (χ2n) is 3.51. The van der Waals surface area contributed by atoms with E-state index in [4.69, 9.17) is 4.74 Å². The largest absolute Gasteiger partial charge is 0.383 e. The van der Waals surface area contributed by atoms with Gasteiger partial charge >= 0.3 is 0 Å². The molecule has 4 heteroatoms. The molecule has 1 aromatic heterocycles. The Kier molecular flexibility index (Phi) is 3.22. The molecule has 1 aromatic carbocycles. The Morgan fingerprint density at radius 1 is 1.38 bits per heavy atom. The molecule has 2 N–H and O–H groups in total. The minimum Gasteiger partial charge on any atom is -0.383 e. The number of anilines is 1. The normalized spacial score (nSPS) is 10.6. The first-order valence-electron chi connectivity index (χ1n) is 5.16. The van der Waals surface area contributed by atoms with Crippen molar-refractivity contribution in [3.05, 3.63) is 40.7 Å². The fraction of sp³-hybridized carbons (Fsp3) is 0.250. The van der Waals surface area contributed by atoms with Crippen LogP contribution >= 0.6 is 0 Å². The number of methoxy groups -OCH3 is 1. The van der Waals surface area contributed by atoms with Gasteiger partial charge in [0.15, 0.2) is 0 Å². The average Bonchev–Trinajstić information content (AvgIpc) is 2.29. The summed E-state index contributed by atoms with van der Waals surface area (Å²) in [5, 5.41) is 4.20. The number of rotatable bonds is 4. The topological polar surface area (TPSA) is 54.1 Å². The quantitative estimate of drug-likeness (QED) is 0.766. The number of pyridine rings is 1. The number of nitrogens with one attached hydrogen (secondary N) is 2. The molecule has 2 aromatic rings. The predicted molar refractivity (Wildman–Crippen MR) is 64.9 cm³/mol. The number of fused-ring (bicyclic) bond motifs is 1. The maximum Gasteiger partial charge on any atom is 0.250 e. The molecule has 4 nitrogen and oxygen atoms in total. The molecular weight excluding hydrogens is 204 g/mol. The minimum atomic E-state index is -0.0985. The van der Waals surface area contributed by atoms with E-state index < -0.39 is 0 Å². The van der Waals surface area contributed by atoms with E-state index in [9.17, 15) is 4.79 Å². The van der Waals surface area contributed by atoms with Crippen molar-refractivity contribution in [2.75, 3.05) is 25.6 Å². The number of H-pyrrole nitrogens is 1. The van der Waals surface area contributed by atoms with Crippen LogP contribution in [0.4, 0.5) is 5.69 Å². The number of aromatic nitrogens is 1. The Morgan fingerprint density at radius 3 is 3.00 bits per heavy atom. The highest BCUT2D eigenvalue weighted by Gasteiger charge is 2.01. The summed E-state index contributed by atoms with van der Waals surface area (Å²) >= 11 is 0. The Bertz CT molecular complexity index is 534. The first kappa shape index (κ1) is 10.7. The lowest BCUT2D eigenvalue weighted by Crippen LogP contribution is -2.12. The molecule has 0 spiro atoms. The zero-order valence-electron chi connectivity index (χ0n) is 9.12. The van der Waals surface area contributed by atoms with Gasteiger partial charge in [-0.1, -0.05) is 18.2 Å². The van der Waals surface area contributed by atoms with Gasteiger partial charge in [-0.3, -0.25) is 4.79 Å². The molecule has 0 unspecified atom stereocenters. The maximum atomic E-state index is 11.4. The predicted octanol–water partition coefficient (Wildman–Crippen LogP) is 1.59. The van der Waals surface area contributed by atoms with Crippen LogP contribution in [0.15, 0.2) is 35.1 Å². The maximum absolute atomic E-state index is 11.4. The third-order valence-corrected chi connectivity index (χ3v) is 2.37. The Morgan fingerprint density at radius 2 is 2.19 bits per heavy atom. The molecule has 0 aliphatic rings. The molecule has 0 radical (unpaired) electrons. The van der Waals surface area contributed by atoms with Crippen molar-refractivity contribution >= 4 is 16.6 Å². The van der Waals surface area contributed by atoms with Gasteiger partial charge in [0.25, 0.3) is 0 Å². The lowest BCUT2D eigenvalue weighted by molar-refractivity contribution is 0.211. The zero-order valence-corrected chi connectivity index (χ0v) is 9.12. The van der Waals surface area contributed by atoms with E-state index in [1.165, 1.54) is 0 Å². The Hall–Kier alpha value is -1.81. The highest BCUT2D eigenvalue weighted by molar-refractivity contribution is 5.90. The van der Waals surface area contributed by atoms with Crippen LogP contribution in [0.2, 0.25) is 0 Å². The molecule has 16 heavy (non-hydrogen) atoms. The van der Waals surface area contributed by atoms with Crippen LogP contribution in [-0.4, -0.2) is 25.2 Å². The summed E-state index contributed by atoms with van der Waals surface area (Å²) in [6.07, 6.45) is 0. The van der Waals surface area contributed by atoms with Crippen LogP contribution in [0, 0.1) is 0 Å². The van der Waals surface area contributed by atoms with Crippen LogP contribution in [0.5, 0.6) is 0 Å². The summed E-state index contributed by atoms with van der Waals surface area (Å²) in [6.45, 7) is 1.30. The van der Waals surface area contributed by atoms with E-state index in [1.807, 2.05) is 24.3 Å². The third kappa shape index (κ3) is 2.23. The van der Waals surface area contributed by atoms with E-state index in [1.54, 1.807) is 13.2 Å². The van der Waals surface area contributed by atoms with E-state index in [-0.39, 0.29) is 5.56 Å². The average molecular weight is 218 g/mol. The molecule has 0 bridgehead atoms. The van der Waals surface area contributed by atoms with Crippen molar-refractivity contribution in [1.82, 2.24) is 4.98 Å². The first-order chi connectivity index (χ1) is 7.81. The summed E-state index contributed by atoms with van der Waals surface area (Å²) in [6, 6.07) is 9.27. The second kappa shape index (κ2) is 4.81. The summed E-state index contributed by atoms with van der Waals surface area (Å²) in [5.74, 6) is 0. The number of hydrogen-bond donors (Lipinski definition) is 2. The van der Waals surface area contributed by atoms with E-state index >= 15 is 0 Å². The Balaban J connectivity index is 2.38. The number of aromatic amines is 1. The summed E-state index contributed by atoms with van der Waals surface area (Å²) < 4.78 is 4.96. The van der Waals surface area contributed by atoms with Gasteiger partial charge in [0.1, 0.15) is 0 Å². The number of ether oxygens (including phenoxy) is 1. The summed E-state index contributed by atoms with van der Waals surface area (Å²) in [5.41, 5.74) is 1.59. The monoisotopic (exact) mass is 218 g/mol. The van der Waals surface area contributed by atoms with Crippen molar-refractivity contribution in [2.24, 2.45) is 0 Å². The molecule has 0 saturated carbocycles. The fourth-order valence-corrected chi connectivity index (χ4v) is 1.64. The summed E-state index contributed by atoms with van der Waals surface area (Å²) in [4.78, 5) is 14.2. The molecule has 84 valence electrons. The van der Waals surface area contributed by atoms with Crippen LogP contribution in [0.3, 0.4) is 0 Å². The smallest absolute Gasteiger partial charge is 0.250 e. The van der Waals surface area contributed by atoms with Gasteiger partial charge in [-0.25, -0.2) is 0 Å². The molecule has 0 aliphatic carbocycles. The molecular formula is C12H14N2O2. The lowest BCUT2D eigenvalue weighted by Gasteiger charge is -2.08. The van der Waals surface area contributed by atoms with Crippen LogP contribution in [0.25, 0.3) is 10.9 Å². The number of benzene rings is 1. The third-order valence-electron chi connectivity index (χ3n) is 2.37. The standard InChI is InChI=1S/C12H14N2O2/c1-16-7-6-13-11-8-12(15)14-10-5-3-2-4-9(10)11/h2-5,8H,6-7H2,1H3,(H2,13,14,15). The van der Waals surface area contributed by atoms with E-state index in [0.29, 0.717) is 13.2 Å². The van der Waals surface area contributed by atoms with Gasteiger partial charge in [-0.15, -0.1) is 0 Å². The number of para-hydroxylation sites is 1. The fourth-order valence-electron chi connectivity index (χ4n) is 1.64. The van der Waals surface area contributed by atoms with E-state index in [2.05, 4.69) is 10.3 Å². The van der Waals surface area contributed by atoms with Gasteiger partial charge in [-0.2, -0.15) is 0 Å². The van der Waals surface area contributed by atoms with Crippen LogP contribution < -0.4 is 10.9 Å². The van der Waals surface area contributed by atoms with Gasteiger partial charge in [0.2, 0.25) is 5.56 Å². The zero-order chi connectivity index (χ0) is 11.4. The van der Waals surface area contributed by atoms with Crippen molar-refractivity contribution in [3.8, 4) is 0 Å². The van der Waals surface area contributed by atoms with Crippen LogP contribution in [-0.2, 0) is 4.74 Å². The van der Waals surface area contributed by atoms with Gasteiger partial charge < -0.3 is 15.0 Å². The minimum absolute atomic E-state index is 0.0985. The molecule has 1 heterocycles. The molecule has 0 amide bonds. The SMILES string of the molecule is COCCNc1cc(=O)[nH]c2ccccc12. The molecule has 0 saturated heterocycles. The number of hydrogen-bond acceptors (Lipinski definition) is 3. The van der Waals surface area contributed by atoms with Crippen molar-refractivity contribution in [3.63, 3.8) is 0 Å². The Labute approximate surface area is 93.3 Å². The van der Waals surface area contributed by atoms with Gasteiger partial charge in [-0.05, 0) is 6.07 Å². The molecule has 0 atom stereocenters. The van der Waals surface area contributed by atoms with Crippen molar-refractivity contribution < 1.29 is 4.74 Å². The van der Waals surface area contributed by atoms with Crippen molar-refractivity contribution in [2.45, 2.75) is 0 Å². The van der Waals surface area contributed by atoms with Gasteiger partial charge in [0.05, 0.1) is 12.1 Å². The van der Waals surface area contributed by atoms with Gasteiger partial charge in [0, 0.05) is 30.8 Å². The molecule has 0 fully saturated rings.